The molecule has 0 spiro atoms. The third-order valence-electron chi connectivity index (χ3n) is 5.17. The van der Waals surface area contributed by atoms with Crippen LogP contribution in [0, 0.1) is 0 Å². The molecule has 2 heterocycles. The summed E-state index contributed by atoms with van der Waals surface area (Å²) in [5.74, 6) is 0.591. The number of hydrogen-bond donors (Lipinski definition) is 1. The van der Waals surface area contributed by atoms with Crippen molar-refractivity contribution in [2.24, 2.45) is 0 Å². The van der Waals surface area contributed by atoms with Crippen molar-refractivity contribution in [3.63, 3.8) is 0 Å². The van der Waals surface area contributed by atoms with Gasteiger partial charge in [0, 0.05) is 56.7 Å². The van der Waals surface area contributed by atoms with E-state index < -0.39 is 0 Å². The van der Waals surface area contributed by atoms with Crippen LogP contribution < -0.4 is 10.2 Å². The number of aromatic nitrogens is 2. The minimum atomic E-state index is -0.0374. The lowest BCUT2D eigenvalue weighted by Gasteiger charge is -2.34. The normalized spacial score (nSPS) is 14.7. The van der Waals surface area contributed by atoms with Gasteiger partial charge >= 0.3 is 0 Å². The molecular formula is C22H32N6O. The van der Waals surface area contributed by atoms with Gasteiger partial charge in [-0.05, 0) is 44.2 Å². The molecule has 3 rings (SSSR count). The fraction of sp³-hybridized carbons (Fsp3) is 0.500. The Kier molecular flexibility index (Phi) is 7.41. The Morgan fingerprint density at radius 2 is 1.69 bits per heavy atom. The van der Waals surface area contributed by atoms with Gasteiger partial charge in [0.25, 0.3) is 5.91 Å². The number of carbonyl (C=O) groups excluding carboxylic acids is 1. The highest BCUT2D eigenvalue weighted by Gasteiger charge is 2.17. The zero-order chi connectivity index (χ0) is 20.6. The van der Waals surface area contributed by atoms with Crippen LogP contribution in [0.25, 0.3) is 0 Å². The molecule has 0 atom stereocenters. The maximum absolute atomic E-state index is 12.8. The Balaban J connectivity index is 1.66. The van der Waals surface area contributed by atoms with E-state index in [0.29, 0.717) is 11.5 Å². The van der Waals surface area contributed by atoms with Gasteiger partial charge in [-0.25, -0.2) is 9.97 Å². The largest absolute Gasteiger partial charge is 0.369 e. The third kappa shape index (κ3) is 5.67. The van der Waals surface area contributed by atoms with Gasteiger partial charge in [-0.3, -0.25) is 4.79 Å². The Bertz CT molecular complexity index is 780. The van der Waals surface area contributed by atoms with Crippen molar-refractivity contribution in [1.29, 1.82) is 0 Å². The van der Waals surface area contributed by atoms with Crippen LogP contribution in [-0.2, 0) is 0 Å². The molecule has 1 aliphatic heterocycles. The maximum atomic E-state index is 12.8. The third-order valence-corrected chi connectivity index (χ3v) is 5.17. The predicted octanol–water partition coefficient (Wildman–Crippen LogP) is 3.23. The van der Waals surface area contributed by atoms with Gasteiger partial charge in [0.05, 0.1) is 0 Å². The van der Waals surface area contributed by atoms with Crippen molar-refractivity contribution >= 4 is 23.1 Å². The van der Waals surface area contributed by atoms with Crippen molar-refractivity contribution in [2.45, 2.75) is 26.7 Å². The van der Waals surface area contributed by atoms with Crippen molar-refractivity contribution in [3.8, 4) is 0 Å². The second kappa shape index (κ2) is 10.2. The van der Waals surface area contributed by atoms with E-state index in [-0.39, 0.29) is 5.91 Å². The molecule has 1 fully saturated rings. The molecule has 0 saturated carbocycles. The molecule has 1 N–H and O–H groups in total. The molecule has 0 bridgehead atoms. The quantitative estimate of drug-likeness (QED) is 0.739. The fourth-order valence-corrected chi connectivity index (χ4v) is 3.53. The summed E-state index contributed by atoms with van der Waals surface area (Å²) in [6, 6.07) is 10.1. The highest BCUT2D eigenvalue weighted by molar-refractivity contribution is 5.93. The molecule has 1 aromatic heterocycles. The molecule has 1 aromatic carbocycles. The molecular weight excluding hydrogens is 364 g/mol. The summed E-state index contributed by atoms with van der Waals surface area (Å²) in [6.07, 6.45) is 3.31. The summed E-state index contributed by atoms with van der Waals surface area (Å²) in [5, 5.41) is 3.29. The standard InChI is InChI=1S/C22H32N6O/c1-4-10-28(11-5-2)22(29)20-16-21(24-17-23-20)25-18-6-8-19(9-7-18)27-14-12-26(3)13-15-27/h6-9,16-17H,4-5,10-15H2,1-3H3,(H,23,24,25). The zero-order valence-electron chi connectivity index (χ0n) is 17.8. The molecule has 7 heteroatoms. The molecule has 156 valence electrons. The molecule has 7 nitrogen and oxygen atoms in total. The van der Waals surface area contributed by atoms with E-state index in [2.05, 4.69) is 70.2 Å². The number of amides is 1. The van der Waals surface area contributed by atoms with Crippen molar-refractivity contribution in [3.05, 3.63) is 42.4 Å². The first-order valence-electron chi connectivity index (χ1n) is 10.5. The Labute approximate surface area is 173 Å². The van der Waals surface area contributed by atoms with Gasteiger partial charge in [-0.15, -0.1) is 0 Å². The number of anilines is 3. The Hall–Kier alpha value is -2.67. The van der Waals surface area contributed by atoms with Crippen LogP contribution in [0.4, 0.5) is 17.2 Å². The van der Waals surface area contributed by atoms with Gasteiger partial charge in [-0.2, -0.15) is 0 Å². The van der Waals surface area contributed by atoms with Crippen LogP contribution >= 0.6 is 0 Å². The van der Waals surface area contributed by atoms with E-state index in [1.54, 1.807) is 6.07 Å². The first-order chi connectivity index (χ1) is 14.1. The molecule has 29 heavy (non-hydrogen) atoms. The van der Waals surface area contributed by atoms with Gasteiger partial charge in [0.1, 0.15) is 17.8 Å². The average molecular weight is 397 g/mol. The number of nitrogens with one attached hydrogen (secondary N) is 1. The Morgan fingerprint density at radius 1 is 1.03 bits per heavy atom. The topological polar surface area (TPSA) is 64.6 Å². The van der Waals surface area contributed by atoms with Crippen LogP contribution in [0.2, 0.25) is 0 Å². The highest BCUT2D eigenvalue weighted by Crippen LogP contribution is 2.21. The summed E-state index contributed by atoms with van der Waals surface area (Å²) >= 11 is 0. The van der Waals surface area contributed by atoms with Crippen LogP contribution in [0.15, 0.2) is 36.7 Å². The van der Waals surface area contributed by atoms with Crippen molar-refractivity contribution in [2.75, 3.05) is 56.5 Å². The first kappa shape index (κ1) is 21.0. The van der Waals surface area contributed by atoms with E-state index in [1.165, 1.54) is 12.0 Å². The minimum absolute atomic E-state index is 0.0374. The lowest BCUT2D eigenvalue weighted by molar-refractivity contribution is 0.0749. The van der Waals surface area contributed by atoms with E-state index in [4.69, 9.17) is 0 Å². The molecule has 0 aliphatic carbocycles. The van der Waals surface area contributed by atoms with E-state index in [1.807, 2.05) is 4.90 Å². The monoisotopic (exact) mass is 396 g/mol. The summed E-state index contributed by atoms with van der Waals surface area (Å²) < 4.78 is 0. The second-order valence-electron chi connectivity index (χ2n) is 7.54. The van der Waals surface area contributed by atoms with Crippen LogP contribution in [0.3, 0.4) is 0 Å². The number of nitrogens with zero attached hydrogens (tertiary/aromatic N) is 5. The average Bonchev–Trinajstić information content (AvgIpc) is 2.74. The van der Waals surface area contributed by atoms with Gasteiger partial charge < -0.3 is 20.0 Å². The molecule has 0 radical (unpaired) electrons. The van der Waals surface area contributed by atoms with Crippen LogP contribution in [0.5, 0.6) is 0 Å². The number of carbonyl (C=O) groups is 1. The summed E-state index contributed by atoms with van der Waals surface area (Å²) in [4.78, 5) is 27.9. The second-order valence-corrected chi connectivity index (χ2v) is 7.54. The van der Waals surface area contributed by atoms with Crippen LogP contribution in [-0.4, -0.2) is 72.0 Å². The number of rotatable bonds is 8. The SMILES string of the molecule is CCCN(CCC)C(=O)c1cc(Nc2ccc(N3CCN(C)CC3)cc2)ncn1. The Morgan fingerprint density at radius 3 is 2.31 bits per heavy atom. The van der Waals surface area contributed by atoms with E-state index in [9.17, 15) is 4.79 Å². The maximum Gasteiger partial charge on any atom is 0.272 e. The fourth-order valence-electron chi connectivity index (χ4n) is 3.53. The number of hydrogen-bond acceptors (Lipinski definition) is 6. The summed E-state index contributed by atoms with van der Waals surface area (Å²) in [6.45, 7) is 9.92. The number of piperazine rings is 1. The first-order valence-corrected chi connectivity index (χ1v) is 10.5. The smallest absolute Gasteiger partial charge is 0.272 e. The van der Waals surface area contributed by atoms with Gasteiger partial charge in [0.15, 0.2) is 0 Å². The summed E-state index contributed by atoms with van der Waals surface area (Å²) in [5.41, 5.74) is 2.61. The molecule has 0 unspecified atom stereocenters. The minimum Gasteiger partial charge on any atom is -0.369 e. The van der Waals surface area contributed by atoms with Crippen molar-refractivity contribution < 1.29 is 4.79 Å². The van der Waals surface area contributed by atoms with Gasteiger partial charge in [-0.1, -0.05) is 13.8 Å². The summed E-state index contributed by atoms with van der Waals surface area (Å²) in [7, 11) is 2.16. The predicted molar refractivity (Wildman–Crippen MR) is 118 cm³/mol. The number of benzene rings is 1. The van der Waals surface area contributed by atoms with Crippen molar-refractivity contribution in [1.82, 2.24) is 19.8 Å². The highest BCUT2D eigenvalue weighted by atomic mass is 16.2. The molecule has 1 amide bonds. The number of likely N-dealkylation sites (N-methyl/N-ethyl adjacent to an activating group) is 1. The lowest BCUT2D eigenvalue weighted by atomic mass is 10.2. The molecule has 1 saturated heterocycles. The van der Waals surface area contributed by atoms with E-state index in [0.717, 1.165) is 57.8 Å². The zero-order valence-corrected chi connectivity index (χ0v) is 17.8. The molecule has 1 aliphatic rings. The molecule has 2 aromatic rings. The lowest BCUT2D eigenvalue weighted by Crippen LogP contribution is -2.44. The van der Waals surface area contributed by atoms with Gasteiger partial charge in [0.2, 0.25) is 0 Å². The van der Waals surface area contributed by atoms with Crippen LogP contribution in [0.1, 0.15) is 37.2 Å². The van der Waals surface area contributed by atoms with E-state index >= 15 is 0 Å².